The van der Waals surface area contributed by atoms with E-state index < -0.39 is 0 Å². The first kappa shape index (κ1) is 14.1. The molecule has 0 amide bonds. The highest BCUT2D eigenvalue weighted by Crippen LogP contribution is 2.24. The Balaban J connectivity index is 2.78. The third-order valence-corrected chi connectivity index (χ3v) is 3.19. The Morgan fingerprint density at radius 2 is 2.12 bits per heavy atom. The molecule has 0 fully saturated rings. The number of nitrogens with zero attached hydrogens (tertiary/aromatic N) is 1. The zero-order chi connectivity index (χ0) is 12.1. The molecule has 0 aromatic carbocycles. The van der Waals surface area contributed by atoms with E-state index >= 15 is 0 Å². The molecule has 16 heavy (non-hydrogen) atoms. The van der Waals surface area contributed by atoms with Gasteiger partial charge in [-0.1, -0.05) is 13.8 Å². The van der Waals surface area contributed by atoms with E-state index in [2.05, 4.69) is 56.0 Å². The van der Waals surface area contributed by atoms with Gasteiger partial charge in [-0.15, -0.1) is 0 Å². The van der Waals surface area contributed by atoms with E-state index in [9.17, 15) is 5.11 Å². The van der Waals surface area contributed by atoms with Crippen molar-refractivity contribution < 1.29 is 5.11 Å². The summed E-state index contributed by atoms with van der Waals surface area (Å²) in [6.45, 7) is 5.16. The summed E-state index contributed by atoms with van der Waals surface area (Å²) < 4.78 is 1.82. The maximum atomic E-state index is 9.35. The quantitative estimate of drug-likeness (QED) is 0.857. The lowest BCUT2D eigenvalue weighted by molar-refractivity contribution is 0.238. The van der Waals surface area contributed by atoms with Gasteiger partial charge in [-0.2, -0.15) is 0 Å². The van der Waals surface area contributed by atoms with Gasteiger partial charge in [0.15, 0.2) is 0 Å². The number of rotatable bonds is 5. The van der Waals surface area contributed by atoms with Gasteiger partial charge >= 0.3 is 0 Å². The number of aliphatic hydroxyl groups excluding tert-OH is 1. The van der Waals surface area contributed by atoms with Gasteiger partial charge in [-0.3, -0.25) is 4.98 Å². The van der Waals surface area contributed by atoms with Crippen LogP contribution in [-0.2, 0) is 0 Å². The van der Waals surface area contributed by atoms with Gasteiger partial charge in [0, 0.05) is 15.1 Å². The summed E-state index contributed by atoms with van der Waals surface area (Å²) in [5, 5.41) is 12.6. The van der Waals surface area contributed by atoms with Crippen LogP contribution in [0, 0.1) is 5.92 Å². The number of hydrogen-bond acceptors (Lipinski definition) is 3. The largest absolute Gasteiger partial charge is 0.394 e. The van der Waals surface area contributed by atoms with Crippen LogP contribution in [0.15, 0.2) is 21.2 Å². The number of aromatic nitrogens is 1. The third-order valence-electron chi connectivity index (χ3n) is 2.12. The fourth-order valence-electron chi connectivity index (χ4n) is 1.31. The highest BCUT2D eigenvalue weighted by molar-refractivity contribution is 9.11. The van der Waals surface area contributed by atoms with Crippen LogP contribution >= 0.6 is 31.9 Å². The lowest BCUT2D eigenvalue weighted by atomic mass is 10.1. The molecule has 2 N–H and O–H groups in total. The van der Waals surface area contributed by atoms with Gasteiger partial charge in [0.1, 0.15) is 0 Å². The minimum atomic E-state index is -0.120. The molecule has 0 saturated carbocycles. The smallest absolute Gasteiger partial charge is 0.0741 e. The Hall–Kier alpha value is 0.0300. The van der Waals surface area contributed by atoms with Crippen molar-refractivity contribution in [2.24, 2.45) is 5.92 Å². The molecule has 0 spiro atoms. The Bertz CT molecular complexity index is 345. The van der Waals surface area contributed by atoms with Gasteiger partial charge < -0.3 is 10.4 Å². The summed E-state index contributed by atoms with van der Waals surface area (Å²) in [6.07, 6.45) is 1.74. The van der Waals surface area contributed by atoms with Gasteiger partial charge in [-0.05, 0) is 50.4 Å². The molecule has 1 aromatic heterocycles. The molecule has 1 heterocycles. The van der Waals surface area contributed by atoms with Crippen LogP contribution < -0.4 is 5.32 Å². The van der Waals surface area contributed by atoms with E-state index in [0.717, 1.165) is 21.2 Å². The van der Waals surface area contributed by atoms with Crippen LogP contribution in [0.25, 0.3) is 0 Å². The minimum Gasteiger partial charge on any atom is -0.394 e. The number of pyridine rings is 1. The first-order chi connectivity index (χ1) is 7.54. The minimum absolute atomic E-state index is 0.0416. The van der Waals surface area contributed by atoms with Gasteiger partial charge in [0.25, 0.3) is 0 Å². The molecule has 0 radical (unpaired) electrons. The molecule has 0 aliphatic rings. The maximum Gasteiger partial charge on any atom is 0.0741 e. The second-order valence-corrected chi connectivity index (χ2v) is 5.83. The second-order valence-electron chi connectivity index (χ2n) is 4.06. The van der Waals surface area contributed by atoms with Crippen molar-refractivity contribution in [1.29, 1.82) is 0 Å². The van der Waals surface area contributed by atoms with Crippen molar-refractivity contribution in [3.8, 4) is 0 Å². The number of aliphatic hydroxyl groups is 1. The maximum absolute atomic E-state index is 9.35. The summed E-state index contributed by atoms with van der Waals surface area (Å²) in [5.41, 5.74) is 0.839. The molecule has 0 bridgehead atoms. The van der Waals surface area contributed by atoms with Crippen molar-refractivity contribution in [1.82, 2.24) is 10.3 Å². The molecule has 0 saturated heterocycles. The molecule has 1 aromatic rings. The molecule has 1 rings (SSSR count). The van der Waals surface area contributed by atoms with Crippen LogP contribution in [-0.4, -0.2) is 23.2 Å². The van der Waals surface area contributed by atoms with Crippen LogP contribution in [0.3, 0.4) is 0 Å². The molecule has 3 nitrogen and oxygen atoms in total. The van der Waals surface area contributed by atoms with Gasteiger partial charge in [0.05, 0.1) is 18.3 Å². The lowest BCUT2D eigenvalue weighted by Gasteiger charge is -2.18. The van der Waals surface area contributed by atoms with Crippen LogP contribution in [0.2, 0.25) is 0 Å². The first-order valence-corrected chi connectivity index (χ1v) is 6.78. The van der Waals surface area contributed by atoms with E-state index in [1.54, 1.807) is 6.20 Å². The molecule has 1 atom stereocenters. The van der Waals surface area contributed by atoms with Crippen molar-refractivity contribution in [2.75, 3.05) is 13.2 Å². The zero-order valence-corrected chi connectivity index (χ0v) is 12.5. The summed E-state index contributed by atoms with van der Waals surface area (Å²) in [5.74, 6) is 0.545. The molecule has 5 heteroatoms. The third kappa shape index (κ3) is 4.13. The monoisotopic (exact) mass is 350 g/mol. The van der Waals surface area contributed by atoms with Crippen molar-refractivity contribution in [3.63, 3.8) is 0 Å². The molecule has 1 unspecified atom stereocenters. The van der Waals surface area contributed by atoms with Crippen LogP contribution in [0.4, 0.5) is 0 Å². The fraction of sp³-hybridized carbons (Fsp3) is 0.545. The Morgan fingerprint density at radius 1 is 1.44 bits per heavy atom. The highest BCUT2D eigenvalue weighted by atomic mass is 79.9. The Morgan fingerprint density at radius 3 is 2.62 bits per heavy atom. The standard InChI is InChI=1S/C11H16Br2N2O/c1-7(2)4-14-10(6-16)11-9(13)3-8(12)5-15-11/h3,5,7,10,14,16H,4,6H2,1-2H3. The molecular weight excluding hydrogens is 336 g/mol. The SMILES string of the molecule is CC(C)CNC(CO)c1ncc(Br)cc1Br. The van der Waals surface area contributed by atoms with E-state index in [1.807, 2.05) is 6.07 Å². The molecule has 90 valence electrons. The Kier molecular flexibility index (Phi) is 5.89. The highest BCUT2D eigenvalue weighted by Gasteiger charge is 2.15. The molecule has 0 aliphatic heterocycles. The van der Waals surface area contributed by atoms with Crippen LogP contribution in [0.1, 0.15) is 25.6 Å². The van der Waals surface area contributed by atoms with Crippen molar-refractivity contribution in [3.05, 3.63) is 26.9 Å². The number of halogens is 2. The normalized spacial score (nSPS) is 13.1. The topological polar surface area (TPSA) is 45.1 Å². The zero-order valence-electron chi connectivity index (χ0n) is 9.37. The summed E-state index contributed by atoms with van der Waals surface area (Å²) >= 11 is 6.81. The summed E-state index contributed by atoms with van der Waals surface area (Å²) in [7, 11) is 0. The Labute approximate surface area is 113 Å². The van der Waals surface area contributed by atoms with Crippen molar-refractivity contribution >= 4 is 31.9 Å². The predicted molar refractivity (Wildman–Crippen MR) is 72.3 cm³/mol. The van der Waals surface area contributed by atoms with E-state index in [1.165, 1.54) is 0 Å². The average molecular weight is 352 g/mol. The second kappa shape index (κ2) is 6.69. The fourth-order valence-corrected chi connectivity index (χ4v) is 2.57. The molecular formula is C11H16Br2N2O. The van der Waals surface area contributed by atoms with E-state index in [4.69, 9.17) is 0 Å². The van der Waals surface area contributed by atoms with E-state index in [0.29, 0.717) is 5.92 Å². The van der Waals surface area contributed by atoms with Crippen molar-refractivity contribution in [2.45, 2.75) is 19.9 Å². The summed E-state index contributed by atoms with van der Waals surface area (Å²) in [6, 6.07) is 1.81. The number of hydrogen-bond donors (Lipinski definition) is 2. The first-order valence-electron chi connectivity index (χ1n) is 5.19. The summed E-state index contributed by atoms with van der Waals surface area (Å²) in [4.78, 5) is 4.31. The predicted octanol–water partition coefficient (Wildman–Crippen LogP) is 2.89. The van der Waals surface area contributed by atoms with E-state index in [-0.39, 0.29) is 12.6 Å². The lowest BCUT2D eigenvalue weighted by Crippen LogP contribution is -2.28. The van der Waals surface area contributed by atoms with Gasteiger partial charge in [-0.25, -0.2) is 0 Å². The van der Waals surface area contributed by atoms with Gasteiger partial charge in [0.2, 0.25) is 0 Å². The van der Waals surface area contributed by atoms with Crippen LogP contribution in [0.5, 0.6) is 0 Å². The number of nitrogens with one attached hydrogen (secondary N) is 1. The average Bonchev–Trinajstić information content (AvgIpc) is 2.21. The molecule has 0 aliphatic carbocycles.